The Bertz CT molecular complexity index is 355. The highest BCUT2D eigenvalue weighted by atomic mass is 19.4. The van der Waals surface area contributed by atoms with Crippen molar-refractivity contribution in [1.82, 2.24) is 0 Å². The van der Waals surface area contributed by atoms with Gasteiger partial charge in [0.25, 0.3) is 0 Å². The highest BCUT2D eigenvalue weighted by Crippen LogP contribution is 2.42. The molecule has 0 radical (unpaired) electrons. The molecular formula is C11H12F4O. The molecule has 2 atom stereocenters. The van der Waals surface area contributed by atoms with Crippen molar-refractivity contribution in [2.75, 3.05) is 0 Å². The summed E-state index contributed by atoms with van der Waals surface area (Å²) in [4.78, 5) is 0. The molecule has 0 aliphatic heterocycles. The lowest BCUT2D eigenvalue weighted by molar-refractivity contribution is -0.285. The minimum Gasteiger partial charge on any atom is -0.374 e. The van der Waals surface area contributed by atoms with Gasteiger partial charge in [0, 0.05) is 0 Å². The van der Waals surface area contributed by atoms with Crippen molar-refractivity contribution in [3.63, 3.8) is 0 Å². The molecule has 0 saturated carbocycles. The third kappa shape index (κ3) is 2.04. The standard InChI is InChI=1S/C11H12F4O/c1-7-3-5-9(6-4-7)10(16,8(2)12)11(13,14)15/h3-6,8,16H,1-2H3/t8-,10?/m1/s1. The van der Waals surface area contributed by atoms with Crippen LogP contribution in [0, 0.1) is 6.92 Å². The molecular weight excluding hydrogens is 224 g/mol. The summed E-state index contributed by atoms with van der Waals surface area (Å²) in [7, 11) is 0. The number of aryl methyl sites for hydroxylation is 1. The van der Waals surface area contributed by atoms with E-state index in [0.717, 1.165) is 17.7 Å². The predicted octanol–water partition coefficient (Wildman–Crippen LogP) is 3.10. The van der Waals surface area contributed by atoms with Crippen molar-refractivity contribution in [3.05, 3.63) is 35.4 Å². The number of rotatable bonds is 2. The van der Waals surface area contributed by atoms with Crippen molar-refractivity contribution in [2.45, 2.75) is 31.8 Å². The fraction of sp³-hybridized carbons (Fsp3) is 0.455. The van der Waals surface area contributed by atoms with Crippen LogP contribution in [0.25, 0.3) is 0 Å². The van der Waals surface area contributed by atoms with Gasteiger partial charge in [0.05, 0.1) is 0 Å². The van der Waals surface area contributed by atoms with Gasteiger partial charge in [0.1, 0.15) is 6.17 Å². The summed E-state index contributed by atoms with van der Waals surface area (Å²) in [5, 5.41) is 9.49. The summed E-state index contributed by atoms with van der Waals surface area (Å²) in [6, 6.07) is 4.96. The van der Waals surface area contributed by atoms with Crippen molar-refractivity contribution < 1.29 is 22.7 Å². The Balaban J connectivity index is 3.28. The van der Waals surface area contributed by atoms with E-state index in [1.54, 1.807) is 6.92 Å². The van der Waals surface area contributed by atoms with Gasteiger partial charge in [-0.25, -0.2) is 4.39 Å². The quantitative estimate of drug-likeness (QED) is 0.782. The Kier molecular flexibility index (Phi) is 3.28. The third-order valence-electron chi connectivity index (χ3n) is 2.50. The van der Waals surface area contributed by atoms with E-state index in [1.165, 1.54) is 12.1 Å². The van der Waals surface area contributed by atoms with Crippen LogP contribution in [0.3, 0.4) is 0 Å². The highest BCUT2D eigenvalue weighted by Gasteiger charge is 2.59. The van der Waals surface area contributed by atoms with Gasteiger partial charge < -0.3 is 5.11 Å². The summed E-state index contributed by atoms with van der Waals surface area (Å²) in [6.07, 6.45) is -7.48. The fourth-order valence-electron chi connectivity index (χ4n) is 1.43. The first-order chi connectivity index (χ1) is 7.19. The molecule has 1 nitrogen and oxygen atoms in total. The Labute approximate surface area is 90.7 Å². The summed E-state index contributed by atoms with van der Waals surface area (Å²) in [6.45, 7) is 2.38. The third-order valence-corrected chi connectivity index (χ3v) is 2.50. The molecule has 1 unspecified atom stereocenters. The lowest BCUT2D eigenvalue weighted by Gasteiger charge is -2.32. The van der Waals surface area contributed by atoms with Gasteiger partial charge in [0.15, 0.2) is 0 Å². The van der Waals surface area contributed by atoms with E-state index < -0.39 is 23.5 Å². The van der Waals surface area contributed by atoms with E-state index in [9.17, 15) is 22.7 Å². The molecule has 0 heterocycles. The average molecular weight is 236 g/mol. The van der Waals surface area contributed by atoms with Gasteiger partial charge in [-0.1, -0.05) is 29.8 Å². The molecule has 1 aromatic carbocycles. The molecule has 1 rings (SSSR count). The molecule has 0 aliphatic rings. The second kappa shape index (κ2) is 4.05. The van der Waals surface area contributed by atoms with Gasteiger partial charge >= 0.3 is 6.18 Å². The zero-order chi connectivity index (χ0) is 12.6. The summed E-state index contributed by atoms with van der Waals surface area (Å²) < 4.78 is 51.0. The molecule has 0 spiro atoms. The van der Waals surface area contributed by atoms with Gasteiger partial charge in [-0.15, -0.1) is 0 Å². The van der Waals surface area contributed by atoms with E-state index in [0.29, 0.717) is 6.92 Å². The highest BCUT2D eigenvalue weighted by molar-refractivity contribution is 5.29. The molecule has 16 heavy (non-hydrogen) atoms. The van der Waals surface area contributed by atoms with Crippen LogP contribution in [-0.4, -0.2) is 17.5 Å². The van der Waals surface area contributed by atoms with Gasteiger partial charge in [0.2, 0.25) is 5.60 Å². The monoisotopic (exact) mass is 236 g/mol. The van der Waals surface area contributed by atoms with E-state index in [2.05, 4.69) is 0 Å². The van der Waals surface area contributed by atoms with Crippen LogP contribution in [0.1, 0.15) is 18.1 Å². The van der Waals surface area contributed by atoms with Crippen molar-refractivity contribution in [2.24, 2.45) is 0 Å². The van der Waals surface area contributed by atoms with Crippen molar-refractivity contribution in [3.8, 4) is 0 Å². The number of hydrogen-bond acceptors (Lipinski definition) is 1. The molecule has 0 amide bonds. The first-order valence-electron chi connectivity index (χ1n) is 4.70. The van der Waals surface area contributed by atoms with Crippen molar-refractivity contribution >= 4 is 0 Å². The van der Waals surface area contributed by atoms with Crippen LogP contribution in [0.5, 0.6) is 0 Å². The first-order valence-corrected chi connectivity index (χ1v) is 4.70. The van der Waals surface area contributed by atoms with Crippen LogP contribution in [0.2, 0.25) is 0 Å². The topological polar surface area (TPSA) is 20.2 Å². The summed E-state index contributed by atoms with van der Waals surface area (Å²) in [5.41, 5.74) is -3.19. The average Bonchev–Trinajstić information content (AvgIpc) is 2.15. The van der Waals surface area contributed by atoms with E-state index >= 15 is 0 Å². The molecule has 90 valence electrons. The second-order valence-corrected chi connectivity index (χ2v) is 3.75. The smallest absolute Gasteiger partial charge is 0.374 e. The molecule has 1 aromatic rings. The Morgan fingerprint density at radius 1 is 1.12 bits per heavy atom. The van der Waals surface area contributed by atoms with Crippen molar-refractivity contribution in [1.29, 1.82) is 0 Å². The van der Waals surface area contributed by atoms with E-state index in [1.807, 2.05) is 0 Å². The normalized spacial score (nSPS) is 17.9. The molecule has 0 saturated heterocycles. The molecule has 0 aromatic heterocycles. The van der Waals surface area contributed by atoms with E-state index in [4.69, 9.17) is 0 Å². The minimum absolute atomic E-state index is 0.486. The number of halogens is 4. The predicted molar refractivity (Wildman–Crippen MR) is 51.7 cm³/mol. The SMILES string of the molecule is Cc1ccc(C(O)([C@@H](C)F)C(F)(F)F)cc1. The fourth-order valence-corrected chi connectivity index (χ4v) is 1.43. The zero-order valence-electron chi connectivity index (χ0n) is 8.85. The molecule has 0 bridgehead atoms. The van der Waals surface area contributed by atoms with E-state index in [-0.39, 0.29) is 0 Å². The maximum Gasteiger partial charge on any atom is 0.424 e. The number of hydrogen-bond donors (Lipinski definition) is 1. The van der Waals surface area contributed by atoms with Gasteiger partial charge in [-0.3, -0.25) is 0 Å². The Morgan fingerprint density at radius 3 is 1.88 bits per heavy atom. The molecule has 0 fully saturated rings. The largest absolute Gasteiger partial charge is 0.424 e. The zero-order valence-corrected chi connectivity index (χ0v) is 8.85. The molecule has 5 heteroatoms. The number of benzene rings is 1. The summed E-state index contributed by atoms with van der Waals surface area (Å²) in [5.74, 6) is 0. The van der Waals surface area contributed by atoms with Crippen LogP contribution >= 0.6 is 0 Å². The lowest BCUT2D eigenvalue weighted by atomic mass is 9.88. The first kappa shape index (κ1) is 13.0. The van der Waals surface area contributed by atoms with Gasteiger partial charge in [-0.2, -0.15) is 13.2 Å². The number of aliphatic hydroxyl groups is 1. The number of alkyl halides is 4. The van der Waals surface area contributed by atoms with Crippen LogP contribution in [-0.2, 0) is 5.60 Å². The lowest BCUT2D eigenvalue weighted by Crippen LogP contribution is -2.48. The van der Waals surface area contributed by atoms with Crippen LogP contribution < -0.4 is 0 Å². The van der Waals surface area contributed by atoms with Gasteiger partial charge in [-0.05, 0) is 19.4 Å². The maximum absolute atomic E-state index is 13.1. The van der Waals surface area contributed by atoms with Crippen LogP contribution in [0.4, 0.5) is 17.6 Å². The minimum atomic E-state index is -5.05. The maximum atomic E-state index is 13.1. The van der Waals surface area contributed by atoms with Crippen LogP contribution in [0.15, 0.2) is 24.3 Å². The summed E-state index contributed by atoms with van der Waals surface area (Å²) >= 11 is 0. The second-order valence-electron chi connectivity index (χ2n) is 3.75. The Hall–Kier alpha value is -1.10. The molecule has 0 aliphatic carbocycles. The Morgan fingerprint density at radius 2 is 1.56 bits per heavy atom. The molecule has 1 N–H and O–H groups in total.